The largest absolute Gasteiger partial charge is 0.338 e. The maximum atomic E-state index is 11.7. The third kappa shape index (κ3) is 2.49. The second-order valence-electron chi connectivity index (χ2n) is 8.19. The van der Waals surface area contributed by atoms with Gasteiger partial charge in [0.15, 0.2) is 0 Å². The second kappa shape index (κ2) is 6.04. The Balaban J connectivity index is 1.38. The van der Waals surface area contributed by atoms with Crippen LogP contribution in [-0.4, -0.2) is 43.5 Å². The van der Waals surface area contributed by atoms with Crippen molar-refractivity contribution in [2.24, 2.45) is 12.5 Å². The Bertz CT molecular complexity index is 1110. The van der Waals surface area contributed by atoms with Crippen molar-refractivity contribution in [3.8, 4) is 11.3 Å². The van der Waals surface area contributed by atoms with Gasteiger partial charge in [-0.2, -0.15) is 10.2 Å². The van der Waals surface area contributed by atoms with Gasteiger partial charge in [0.25, 0.3) is 0 Å². The highest BCUT2D eigenvalue weighted by molar-refractivity contribution is 9.10. The molecule has 1 aliphatic heterocycles. The van der Waals surface area contributed by atoms with E-state index in [0.29, 0.717) is 6.04 Å². The van der Waals surface area contributed by atoms with E-state index in [1.54, 1.807) is 0 Å². The molecular weight excluding hydrogens is 418 g/mol. The summed E-state index contributed by atoms with van der Waals surface area (Å²) in [6, 6.07) is 6.74. The summed E-state index contributed by atoms with van der Waals surface area (Å²) in [5.41, 5.74) is 4.61. The lowest BCUT2D eigenvalue weighted by molar-refractivity contribution is -0.149. The first-order valence-electron chi connectivity index (χ1n) is 9.49. The van der Waals surface area contributed by atoms with Crippen LogP contribution < -0.4 is 0 Å². The van der Waals surface area contributed by atoms with Gasteiger partial charge in [-0.1, -0.05) is 12.6 Å². The molecule has 5 rings (SSSR count). The average molecular weight is 440 g/mol. The number of carbonyl (C=O) groups excluding carboxylic acids is 1. The van der Waals surface area contributed by atoms with Gasteiger partial charge in [-0.25, -0.2) is 0 Å². The van der Waals surface area contributed by atoms with E-state index < -0.39 is 0 Å². The van der Waals surface area contributed by atoms with E-state index >= 15 is 0 Å². The summed E-state index contributed by atoms with van der Waals surface area (Å²) in [4.78, 5) is 13.6. The topological polar surface area (TPSA) is 56.0 Å². The Morgan fingerprint density at radius 2 is 2.11 bits per heavy atom. The van der Waals surface area contributed by atoms with Crippen molar-refractivity contribution in [3.05, 3.63) is 47.2 Å². The molecule has 3 heterocycles. The fourth-order valence-electron chi connectivity index (χ4n) is 4.77. The van der Waals surface area contributed by atoms with Crippen LogP contribution in [-0.2, 0) is 11.8 Å². The standard InChI is InChI=1S/C21H22BrN5O/c1-4-18(28)26-11-21(12-26)8-16(9-21)27-13(2)19(22)20(24-27)14-5-6-17-15(7-14)10-23-25(17)3/h4-7,10,16H,1,8-9,11-12H2,2-3H3. The second-order valence-corrected chi connectivity index (χ2v) is 8.99. The van der Waals surface area contributed by atoms with Crippen molar-refractivity contribution >= 4 is 32.7 Å². The SMILES string of the molecule is C=CC(=O)N1CC2(CC(n3nc(-c4ccc5c(cnn5C)c4)c(Br)c3C)C2)C1. The molecule has 0 unspecified atom stereocenters. The van der Waals surface area contributed by atoms with Crippen molar-refractivity contribution < 1.29 is 4.79 Å². The molecule has 0 atom stereocenters. The van der Waals surface area contributed by atoms with Crippen LogP contribution in [0.2, 0.25) is 0 Å². The molecule has 0 bridgehead atoms. The highest BCUT2D eigenvalue weighted by Crippen LogP contribution is 2.54. The summed E-state index contributed by atoms with van der Waals surface area (Å²) in [6.07, 6.45) is 5.44. The minimum atomic E-state index is 0.0418. The summed E-state index contributed by atoms with van der Waals surface area (Å²) in [5, 5.41) is 10.4. The van der Waals surface area contributed by atoms with E-state index in [9.17, 15) is 4.79 Å². The van der Waals surface area contributed by atoms with Crippen molar-refractivity contribution in [1.29, 1.82) is 0 Å². The third-order valence-electron chi connectivity index (χ3n) is 6.32. The van der Waals surface area contributed by atoms with Crippen LogP contribution in [0.4, 0.5) is 0 Å². The maximum Gasteiger partial charge on any atom is 0.245 e. The van der Waals surface area contributed by atoms with Crippen LogP contribution in [0.1, 0.15) is 24.6 Å². The van der Waals surface area contributed by atoms with E-state index in [1.165, 1.54) is 6.08 Å². The molecule has 2 fully saturated rings. The molecule has 1 amide bonds. The van der Waals surface area contributed by atoms with E-state index in [0.717, 1.165) is 58.3 Å². The number of nitrogens with zero attached hydrogens (tertiary/aromatic N) is 5. The molecule has 1 saturated heterocycles. The smallest absolute Gasteiger partial charge is 0.245 e. The molecule has 1 aliphatic carbocycles. The van der Waals surface area contributed by atoms with Gasteiger partial charge < -0.3 is 4.90 Å². The first-order chi connectivity index (χ1) is 13.4. The molecule has 2 aliphatic rings. The van der Waals surface area contributed by atoms with Gasteiger partial charge in [0.2, 0.25) is 5.91 Å². The molecule has 144 valence electrons. The van der Waals surface area contributed by atoms with Crippen molar-refractivity contribution in [1.82, 2.24) is 24.5 Å². The predicted octanol–water partition coefficient (Wildman–Crippen LogP) is 3.86. The van der Waals surface area contributed by atoms with Crippen LogP contribution in [0.3, 0.4) is 0 Å². The molecular formula is C21H22BrN5O. The summed E-state index contributed by atoms with van der Waals surface area (Å²) in [6.45, 7) is 7.38. The number of rotatable bonds is 3. The summed E-state index contributed by atoms with van der Waals surface area (Å²) < 4.78 is 5.09. The fourth-order valence-corrected chi connectivity index (χ4v) is 5.26. The molecule has 1 aromatic carbocycles. The van der Waals surface area contributed by atoms with Gasteiger partial charge in [-0.15, -0.1) is 0 Å². The zero-order valence-electron chi connectivity index (χ0n) is 16.0. The summed E-state index contributed by atoms with van der Waals surface area (Å²) in [7, 11) is 1.95. The lowest BCUT2D eigenvalue weighted by atomic mass is 9.60. The normalized spacial score (nSPS) is 18.3. The first-order valence-corrected chi connectivity index (χ1v) is 10.3. The number of carbonyl (C=O) groups is 1. The lowest BCUT2D eigenvalue weighted by Crippen LogP contribution is -2.63. The van der Waals surface area contributed by atoms with E-state index in [2.05, 4.69) is 57.4 Å². The predicted molar refractivity (Wildman–Crippen MR) is 112 cm³/mol. The number of benzene rings is 1. The number of hydrogen-bond acceptors (Lipinski definition) is 3. The van der Waals surface area contributed by atoms with Crippen LogP contribution in [0.15, 0.2) is 41.5 Å². The Morgan fingerprint density at radius 3 is 2.82 bits per heavy atom. The average Bonchev–Trinajstić information content (AvgIpc) is 3.13. The van der Waals surface area contributed by atoms with Crippen molar-refractivity contribution in [2.75, 3.05) is 13.1 Å². The Kier molecular flexibility index (Phi) is 3.81. The quantitative estimate of drug-likeness (QED) is 0.582. The van der Waals surface area contributed by atoms with Crippen LogP contribution in [0.25, 0.3) is 22.2 Å². The van der Waals surface area contributed by atoms with Gasteiger partial charge in [0, 0.05) is 36.5 Å². The number of aryl methyl sites for hydroxylation is 1. The molecule has 2 aromatic heterocycles. The minimum Gasteiger partial charge on any atom is -0.338 e. The van der Waals surface area contributed by atoms with Crippen molar-refractivity contribution in [3.63, 3.8) is 0 Å². The van der Waals surface area contributed by atoms with Gasteiger partial charge in [0.1, 0.15) is 5.69 Å². The first kappa shape index (κ1) is 17.7. The molecule has 1 saturated carbocycles. The Labute approximate surface area is 171 Å². The van der Waals surface area contributed by atoms with E-state index in [-0.39, 0.29) is 11.3 Å². The molecule has 7 heteroatoms. The van der Waals surface area contributed by atoms with Gasteiger partial charge in [0.05, 0.1) is 27.9 Å². The number of halogens is 1. The summed E-state index contributed by atoms with van der Waals surface area (Å²) in [5.74, 6) is 0.0418. The number of amides is 1. The van der Waals surface area contributed by atoms with Gasteiger partial charge in [-0.3, -0.25) is 14.2 Å². The number of aromatic nitrogens is 4. The Morgan fingerprint density at radius 1 is 1.36 bits per heavy atom. The molecule has 3 aromatic rings. The summed E-state index contributed by atoms with van der Waals surface area (Å²) >= 11 is 3.76. The Hall–Kier alpha value is -2.41. The number of fused-ring (bicyclic) bond motifs is 1. The number of likely N-dealkylation sites (tertiary alicyclic amines) is 1. The maximum absolute atomic E-state index is 11.7. The lowest BCUT2D eigenvalue weighted by Gasteiger charge is -2.58. The molecule has 0 radical (unpaired) electrons. The minimum absolute atomic E-state index is 0.0418. The van der Waals surface area contributed by atoms with Crippen LogP contribution in [0, 0.1) is 12.3 Å². The highest BCUT2D eigenvalue weighted by atomic mass is 79.9. The zero-order chi connectivity index (χ0) is 19.6. The molecule has 0 N–H and O–H groups in total. The van der Waals surface area contributed by atoms with E-state index in [4.69, 9.17) is 5.10 Å². The van der Waals surface area contributed by atoms with Crippen LogP contribution >= 0.6 is 15.9 Å². The molecule has 1 spiro atoms. The molecule has 6 nitrogen and oxygen atoms in total. The highest BCUT2D eigenvalue weighted by Gasteiger charge is 2.54. The third-order valence-corrected chi connectivity index (χ3v) is 7.27. The van der Waals surface area contributed by atoms with Crippen molar-refractivity contribution in [2.45, 2.75) is 25.8 Å². The number of hydrogen-bond donors (Lipinski definition) is 0. The van der Waals surface area contributed by atoms with Gasteiger partial charge in [-0.05, 0) is 53.9 Å². The van der Waals surface area contributed by atoms with Crippen LogP contribution in [0.5, 0.6) is 0 Å². The van der Waals surface area contributed by atoms with Gasteiger partial charge >= 0.3 is 0 Å². The molecule has 28 heavy (non-hydrogen) atoms. The fraction of sp³-hybridized carbons (Fsp3) is 0.381. The monoisotopic (exact) mass is 439 g/mol. The zero-order valence-corrected chi connectivity index (χ0v) is 17.6. The van der Waals surface area contributed by atoms with E-state index in [1.807, 2.05) is 22.8 Å².